The van der Waals surface area contributed by atoms with E-state index in [1.165, 1.54) is 22.7 Å². The summed E-state index contributed by atoms with van der Waals surface area (Å²) in [5, 5.41) is 16.8. The Morgan fingerprint density at radius 2 is 1.26 bits per heavy atom. The summed E-state index contributed by atoms with van der Waals surface area (Å²) in [7, 11) is 0. The molecule has 5 heterocycles. The van der Waals surface area contributed by atoms with Crippen molar-refractivity contribution in [1.29, 1.82) is 0 Å². The van der Waals surface area contributed by atoms with E-state index < -0.39 is 60.3 Å². The van der Waals surface area contributed by atoms with E-state index in [1.54, 1.807) is 24.6 Å². The predicted molar refractivity (Wildman–Crippen MR) is 206 cm³/mol. The second-order valence-electron chi connectivity index (χ2n) is 14.6. The van der Waals surface area contributed by atoms with E-state index in [1.807, 2.05) is 65.0 Å². The van der Waals surface area contributed by atoms with Crippen molar-refractivity contribution < 1.29 is 28.7 Å². The second kappa shape index (κ2) is 16.8. The molecule has 0 spiro atoms. The zero-order chi connectivity index (χ0) is 38.7. The van der Waals surface area contributed by atoms with Crippen LogP contribution in [0.25, 0.3) is 0 Å². The van der Waals surface area contributed by atoms with Crippen LogP contribution in [0, 0.1) is 11.8 Å². The molecule has 0 unspecified atom stereocenters. The summed E-state index contributed by atoms with van der Waals surface area (Å²) < 4.78 is 12.1. The van der Waals surface area contributed by atoms with Crippen LogP contribution < -0.4 is 21.3 Å². The van der Waals surface area contributed by atoms with Gasteiger partial charge in [-0.05, 0) is 51.0 Å². The smallest absolute Gasteiger partial charge is 0.249 e. The fourth-order valence-electron chi connectivity index (χ4n) is 6.52. The Labute approximate surface area is 323 Å². The molecule has 54 heavy (non-hydrogen) atoms. The fraction of sp³-hybridized carbons (Fsp3) is 0.526. The van der Waals surface area contributed by atoms with Gasteiger partial charge < -0.3 is 30.7 Å². The minimum absolute atomic E-state index is 0.0873. The molecule has 2 aromatic heterocycles. The number of fused-ring (bicyclic) bond motifs is 8. The maximum atomic E-state index is 14.1. The lowest BCUT2D eigenvalue weighted by atomic mass is 9.97. The van der Waals surface area contributed by atoms with E-state index in [-0.39, 0.29) is 35.4 Å². The van der Waals surface area contributed by atoms with Crippen LogP contribution in [0.15, 0.2) is 51.1 Å². The van der Waals surface area contributed by atoms with E-state index in [9.17, 15) is 19.2 Å². The first kappa shape index (κ1) is 39.0. The lowest BCUT2D eigenvalue weighted by molar-refractivity contribution is -0.131. The van der Waals surface area contributed by atoms with Crippen LogP contribution >= 0.6 is 22.7 Å². The number of amides is 4. The van der Waals surface area contributed by atoms with Crippen molar-refractivity contribution in [3.8, 4) is 0 Å². The number of aromatic nitrogens is 2. The van der Waals surface area contributed by atoms with Gasteiger partial charge in [-0.3, -0.25) is 19.2 Å². The average Bonchev–Trinajstić information content (AvgIpc) is 3.96. The largest absolute Gasteiger partial charge is 0.470 e. The van der Waals surface area contributed by atoms with Crippen molar-refractivity contribution >= 4 is 58.1 Å². The first-order valence-electron chi connectivity index (χ1n) is 18.5. The fourth-order valence-corrected chi connectivity index (χ4v) is 8.16. The van der Waals surface area contributed by atoms with Crippen molar-refractivity contribution in [2.75, 3.05) is 0 Å². The maximum Gasteiger partial charge on any atom is 0.249 e. The lowest BCUT2D eigenvalue weighted by Gasteiger charge is -2.26. The van der Waals surface area contributed by atoms with Gasteiger partial charge in [-0.15, -0.1) is 22.7 Å². The molecule has 6 rings (SSSR count). The molecule has 16 heteroatoms. The van der Waals surface area contributed by atoms with Crippen LogP contribution in [0.1, 0.15) is 100 Å². The van der Waals surface area contributed by atoms with Gasteiger partial charge in [0.15, 0.2) is 12.1 Å². The Hall–Kier alpha value is -4.70. The number of nitrogens with one attached hydrogen (secondary N) is 4. The van der Waals surface area contributed by atoms with Gasteiger partial charge in [-0.25, -0.2) is 20.0 Å². The summed E-state index contributed by atoms with van der Waals surface area (Å²) in [6.45, 7) is 13.2. The van der Waals surface area contributed by atoms with Crippen LogP contribution in [0.2, 0.25) is 0 Å². The number of carbonyl (C=O) groups excluding carboxylic acids is 4. The van der Waals surface area contributed by atoms with Gasteiger partial charge in [0.25, 0.3) is 0 Å². The molecule has 8 bridgehead atoms. The molecule has 288 valence electrons. The topological polar surface area (TPSA) is 185 Å². The molecule has 14 nitrogen and oxygen atoms in total. The summed E-state index contributed by atoms with van der Waals surface area (Å²) in [6.07, 6.45) is 0.244. The van der Waals surface area contributed by atoms with Crippen LogP contribution in [-0.2, 0) is 35.1 Å². The van der Waals surface area contributed by atoms with Crippen molar-refractivity contribution in [3.05, 3.63) is 68.1 Å². The molecule has 4 amide bonds. The molecule has 3 aromatic rings. The van der Waals surface area contributed by atoms with Gasteiger partial charge in [-0.1, -0.05) is 64.4 Å². The van der Waals surface area contributed by atoms with E-state index in [4.69, 9.17) is 14.5 Å². The third kappa shape index (κ3) is 8.81. The number of hydrogen-bond donors (Lipinski definition) is 4. The first-order chi connectivity index (χ1) is 25.8. The summed E-state index contributed by atoms with van der Waals surface area (Å²) in [4.78, 5) is 74.1. The Morgan fingerprint density at radius 1 is 0.704 bits per heavy atom. The van der Waals surface area contributed by atoms with Crippen molar-refractivity contribution in [2.24, 2.45) is 21.8 Å². The molecule has 3 aliphatic rings. The van der Waals surface area contributed by atoms with Crippen molar-refractivity contribution in [3.63, 3.8) is 0 Å². The Kier molecular flexibility index (Phi) is 12.1. The number of ether oxygens (including phenoxy) is 2. The third-order valence-corrected chi connectivity index (χ3v) is 11.8. The SMILES string of the molecule is CC[C@H](C)[C@@H]1NC(=O)[C@H]2N=C(O[C@@H]2C)c2csc(n2)[C@@H](Cc2ccccc2)NC(=O)[C@H](CC(C)C)NC(=O)[C@H]2N=C(O[C@@H]2C)c2csc(n2)[C@@H](C)NC1=O. The Bertz CT molecular complexity index is 1910. The maximum absolute atomic E-state index is 14.1. The van der Waals surface area contributed by atoms with Crippen LogP contribution in [-0.4, -0.2) is 81.8 Å². The summed E-state index contributed by atoms with van der Waals surface area (Å²) in [6, 6.07) is 5.18. The minimum Gasteiger partial charge on any atom is -0.470 e. The number of thiazole rings is 2. The number of hydrogen-bond acceptors (Lipinski definition) is 12. The zero-order valence-electron chi connectivity index (χ0n) is 31.5. The van der Waals surface area contributed by atoms with Crippen LogP contribution in [0.5, 0.6) is 0 Å². The highest BCUT2D eigenvalue weighted by molar-refractivity contribution is 7.10. The van der Waals surface area contributed by atoms with Gasteiger partial charge in [0.05, 0.1) is 12.1 Å². The van der Waals surface area contributed by atoms with E-state index in [2.05, 4.69) is 36.2 Å². The Morgan fingerprint density at radius 3 is 1.85 bits per heavy atom. The molecule has 0 saturated heterocycles. The number of aliphatic imine (C=N–C) groups is 2. The number of rotatable bonds is 6. The molecule has 3 aliphatic heterocycles. The van der Waals surface area contributed by atoms with Crippen LogP contribution in [0.4, 0.5) is 0 Å². The molecular formula is C38H48N8O6S2. The number of carbonyl (C=O) groups is 4. The molecular weight excluding hydrogens is 729 g/mol. The van der Waals surface area contributed by atoms with Gasteiger partial charge in [0.2, 0.25) is 35.4 Å². The highest BCUT2D eigenvalue weighted by Gasteiger charge is 2.40. The van der Waals surface area contributed by atoms with E-state index in [0.717, 1.165) is 5.56 Å². The summed E-state index contributed by atoms with van der Waals surface area (Å²) >= 11 is 2.66. The first-order valence-corrected chi connectivity index (χ1v) is 20.2. The standard InChI is InChI=1S/C38H48N8O6S2/c1-8-19(4)28-32(48)39-20(5)37-42-26(16-53-37)35-45-29(21(6)51-35)33(49)40-24(14-18(2)3)31(47)41-25(15-23-12-10-9-11-13-23)38-43-27(17-54-38)36-46-30(22(7)52-36)34(50)44-28/h9-13,16-22,24-25,28-30H,8,14-15H2,1-7H3,(H,39,48)(H,40,49)(H,41,47)(H,44,50)/t19-,20+,21+,22+,24-,25+,28-,29-,30-/m0/s1. The van der Waals surface area contributed by atoms with E-state index in [0.29, 0.717) is 40.7 Å². The summed E-state index contributed by atoms with van der Waals surface area (Å²) in [5.41, 5.74) is 1.85. The quantitative estimate of drug-likeness (QED) is 0.289. The highest BCUT2D eigenvalue weighted by Crippen LogP contribution is 2.28. The molecule has 9 atom stereocenters. The predicted octanol–water partition coefficient (Wildman–Crippen LogP) is 4.02. The number of benzene rings is 1. The minimum atomic E-state index is -0.910. The normalized spacial score (nSPS) is 28.4. The molecule has 0 radical (unpaired) electrons. The monoisotopic (exact) mass is 776 g/mol. The van der Waals surface area contributed by atoms with Crippen molar-refractivity contribution in [1.82, 2.24) is 31.2 Å². The van der Waals surface area contributed by atoms with Gasteiger partial charge in [0.1, 0.15) is 45.7 Å². The molecule has 0 aliphatic carbocycles. The van der Waals surface area contributed by atoms with Gasteiger partial charge in [0, 0.05) is 10.8 Å². The Balaban J connectivity index is 1.37. The lowest BCUT2D eigenvalue weighted by Crippen LogP contribution is -2.53. The zero-order valence-corrected chi connectivity index (χ0v) is 33.1. The number of nitrogens with zero attached hydrogens (tertiary/aromatic N) is 4. The summed E-state index contributed by atoms with van der Waals surface area (Å²) in [5.74, 6) is -1.24. The average molecular weight is 777 g/mol. The highest BCUT2D eigenvalue weighted by atomic mass is 32.1. The molecule has 0 fully saturated rings. The second-order valence-corrected chi connectivity index (χ2v) is 16.4. The van der Waals surface area contributed by atoms with Gasteiger partial charge in [-0.2, -0.15) is 0 Å². The van der Waals surface area contributed by atoms with Crippen LogP contribution in [0.3, 0.4) is 0 Å². The van der Waals surface area contributed by atoms with Gasteiger partial charge >= 0.3 is 0 Å². The molecule has 0 saturated carbocycles. The molecule has 1 aromatic carbocycles. The van der Waals surface area contributed by atoms with E-state index >= 15 is 0 Å². The third-order valence-electron chi connectivity index (χ3n) is 9.78. The van der Waals surface area contributed by atoms with Crippen molar-refractivity contribution in [2.45, 2.75) is 116 Å². The molecule has 4 N–H and O–H groups in total.